The molecular weight excluding hydrogens is 340 g/mol. The summed E-state index contributed by atoms with van der Waals surface area (Å²) in [6.45, 7) is 1.83. The average Bonchev–Trinajstić information content (AvgIpc) is 3.35. The van der Waals surface area contributed by atoms with Crippen molar-refractivity contribution in [3.8, 4) is 0 Å². The van der Waals surface area contributed by atoms with Gasteiger partial charge in [0.1, 0.15) is 10.9 Å². The highest BCUT2D eigenvalue weighted by molar-refractivity contribution is 7.98. The number of amides is 1. The molecule has 4 rings (SSSR count). The van der Waals surface area contributed by atoms with Crippen molar-refractivity contribution in [2.75, 3.05) is 11.6 Å². The minimum absolute atomic E-state index is 0.269. The van der Waals surface area contributed by atoms with Crippen molar-refractivity contribution < 1.29 is 9.21 Å². The van der Waals surface area contributed by atoms with Crippen LogP contribution in [0.2, 0.25) is 0 Å². The van der Waals surface area contributed by atoms with Gasteiger partial charge in [-0.05, 0) is 44.2 Å². The molecule has 2 aromatic heterocycles. The van der Waals surface area contributed by atoms with E-state index in [4.69, 9.17) is 4.42 Å². The summed E-state index contributed by atoms with van der Waals surface area (Å²) in [5.74, 6) is 0.468. The summed E-state index contributed by atoms with van der Waals surface area (Å²) in [6, 6.07) is 4.98. The zero-order valence-corrected chi connectivity index (χ0v) is 14.6. The predicted octanol–water partition coefficient (Wildman–Crippen LogP) is 3.07. The topological polar surface area (TPSA) is 101 Å². The Morgan fingerprint density at radius 2 is 2.16 bits per heavy atom. The first-order valence-electron chi connectivity index (χ1n) is 7.92. The molecule has 1 aliphatic carbocycles. The van der Waals surface area contributed by atoms with Gasteiger partial charge in [0.05, 0.1) is 16.8 Å². The van der Waals surface area contributed by atoms with Gasteiger partial charge in [-0.1, -0.05) is 0 Å². The lowest BCUT2D eigenvalue weighted by Gasteiger charge is -2.12. The number of hydrogen-bond donors (Lipinski definition) is 2. The van der Waals surface area contributed by atoms with Crippen molar-refractivity contribution >= 4 is 34.5 Å². The third kappa shape index (κ3) is 3.05. The van der Waals surface area contributed by atoms with Gasteiger partial charge in [0.2, 0.25) is 0 Å². The molecule has 2 N–H and O–H groups in total. The van der Waals surface area contributed by atoms with E-state index in [1.165, 1.54) is 11.8 Å². The third-order valence-corrected chi connectivity index (χ3v) is 4.80. The summed E-state index contributed by atoms with van der Waals surface area (Å²) in [6.07, 6.45) is 4.13. The van der Waals surface area contributed by atoms with Gasteiger partial charge in [0.25, 0.3) is 5.91 Å². The number of carbonyl (C=O) groups is 1. The molecule has 25 heavy (non-hydrogen) atoms. The molecule has 0 unspecified atom stereocenters. The summed E-state index contributed by atoms with van der Waals surface area (Å²) in [4.78, 5) is 35.6. The fraction of sp³-hybridized carbons (Fsp3) is 0.294. The first-order valence-corrected chi connectivity index (χ1v) is 9.14. The van der Waals surface area contributed by atoms with Gasteiger partial charge in [-0.3, -0.25) is 9.78 Å². The van der Waals surface area contributed by atoms with E-state index in [1.54, 1.807) is 18.2 Å². The summed E-state index contributed by atoms with van der Waals surface area (Å²) in [7, 11) is 0. The first-order chi connectivity index (χ1) is 12.0. The molecule has 0 bridgehead atoms. The summed E-state index contributed by atoms with van der Waals surface area (Å²) < 4.78 is 4.96. The van der Waals surface area contributed by atoms with Crippen molar-refractivity contribution in [1.29, 1.82) is 0 Å². The van der Waals surface area contributed by atoms with E-state index in [2.05, 4.69) is 20.3 Å². The smallest absolute Gasteiger partial charge is 0.408 e. The maximum absolute atomic E-state index is 12.8. The highest BCUT2D eigenvalue weighted by atomic mass is 32.2. The van der Waals surface area contributed by atoms with E-state index in [0.29, 0.717) is 39.0 Å². The number of aromatic nitrogens is 3. The fourth-order valence-electron chi connectivity index (χ4n) is 2.72. The highest BCUT2D eigenvalue weighted by Crippen LogP contribution is 2.39. The number of benzene rings is 1. The molecule has 8 heteroatoms. The second-order valence-corrected chi connectivity index (χ2v) is 6.80. The number of carbonyl (C=O) groups excluding carboxylic acids is 1. The van der Waals surface area contributed by atoms with Crippen LogP contribution in [0.5, 0.6) is 0 Å². The summed E-state index contributed by atoms with van der Waals surface area (Å²) in [5, 5.41) is 3.53. The Morgan fingerprint density at radius 1 is 1.36 bits per heavy atom. The number of oxazole rings is 1. The third-order valence-electron chi connectivity index (χ3n) is 4.11. The van der Waals surface area contributed by atoms with Crippen LogP contribution in [0.3, 0.4) is 0 Å². The Kier molecular flexibility index (Phi) is 3.84. The number of nitrogens with one attached hydrogen (secondary N) is 2. The molecule has 2 heterocycles. The number of nitrogens with zero attached hydrogens (tertiary/aromatic N) is 2. The Hall–Kier alpha value is -2.61. The number of thioether (sulfide) groups is 1. The van der Waals surface area contributed by atoms with Gasteiger partial charge in [-0.2, -0.15) is 0 Å². The lowest BCUT2D eigenvalue weighted by atomic mass is 10.2. The zero-order valence-electron chi connectivity index (χ0n) is 13.8. The monoisotopic (exact) mass is 356 g/mol. The van der Waals surface area contributed by atoms with Gasteiger partial charge in [0.15, 0.2) is 5.58 Å². The van der Waals surface area contributed by atoms with Crippen LogP contribution in [-0.4, -0.2) is 27.1 Å². The van der Waals surface area contributed by atoms with Crippen molar-refractivity contribution in [3.05, 3.63) is 45.8 Å². The molecule has 1 fully saturated rings. The van der Waals surface area contributed by atoms with E-state index >= 15 is 0 Å². The summed E-state index contributed by atoms with van der Waals surface area (Å²) >= 11 is 1.44. The molecule has 1 saturated carbocycles. The van der Waals surface area contributed by atoms with Crippen molar-refractivity contribution in [2.24, 2.45) is 0 Å². The van der Waals surface area contributed by atoms with Crippen LogP contribution < -0.4 is 11.1 Å². The standard InChI is InChI=1S/C17H16N4O3S/c1-8-13(16(25-2)21-14(18-8)9-3-4-9)15(22)19-10-5-6-12-11(7-10)20-17(23)24-12/h5-7,9H,3-4H2,1-2H3,(H,19,22)(H,20,23). The molecule has 7 nitrogen and oxygen atoms in total. The van der Waals surface area contributed by atoms with Crippen LogP contribution in [0.4, 0.5) is 5.69 Å². The predicted molar refractivity (Wildman–Crippen MR) is 95.3 cm³/mol. The molecule has 0 radical (unpaired) electrons. The van der Waals surface area contributed by atoms with Crippen LogP contribution in [0, 0.1) is 6.92 Å². The molecule has 1 aliphatic rings. The van der Waals surface area contributed by atoms with Gasteiger partial charge in [0, 0.05) is 11.6 Å². The maximum Gasteiger partial charge on any atom is 0.417 e. The van der Waals surface area contributed by atoms with Crippen molar-refractivity contribution in [3.63, 3.8) is 0 Å². The SMILES string of the molecule is CSc1nc(C2CC2)nc(C)c1C(=O)Nc1ccc2oc(=O)[nH]c2c1. The van der Waals surface area contributed by atoms with Crippen LogP contribution in [-0.2, 0) is 0 Å². The number of aromatic amines is 1. The Labute approximate surface area is 147 Å². The quantitative estimate of drug-likeness (QED) is 0.550. The van der Waals surface area contributed by atoms with Crippen LogP contribution in [0.1, 0.15) is 40.6 Å². The van der Waals surface area contributed by atoms with Crippen molar-refractivity contribution in [1.82, 2.24) is 15.0 Å². The first kappa shape index (κ1) is 15.9. The van der Waals surface area contributed by atoms with Crippen LogP contribution in [0.15, 0.2) is 32.4 Å². The lowest BCUT2D eigenvalue weighted by molar-refractivity contribution is 0.102. The van der Waals surface area contributed by atoms with Gasteiger partial charge in [-0.25, -0.2) is 14.8 Å². The molecule has 0 atom stereocenters. The van der Waals surface area contributed by atoms with E-state index in [-0.39, 0.29) is 5.91 Å². The highest BCUT2D eigenvalue weighted by Gasteiger charge is 2.29. The second-order valence-electron chi connectivity index (χ2n) is 6.01. The van der Waals surface area contributed by atoms with Gasteiger partial charge < -0.3 is 9.73 Å². The number of anilines is 1. The van der Waals surface area contributed by atoms with E-state index in [0.717, 1.165) is 18.7 Å². The van der Waals surface area contributed by atoms with E-state index in [9.17, 15) is 9.59 Å². The number of hydrogen-bond acceptors (Lipinski definition) is 6. The second kappa shape index (κ2) is 6.03. The normalized spacial score (nSPS) is 14.0. The van der Waals surface area contributed by atoms with Gasteiger partial charge >= 0.3 is 5.76 Å². The molecular formula is C17H16N4O3S. The maximum atomic E-state index is 12.8. The number of fused-ring (bicyclic) bond motifs is 1. The van der Waals surface area contributed by atoms with Crippen LogP contribution in [0.25, 0.3) is 11.1 Å². The lowest BCUT2D eigenvalue weighted by Crippen LogP contribution is -2.17. The van der Waals surface area contributed by atoms with Crippen LogP contribution >= 0.6 is 11.8 Å². The Bertz CT molecular complexity index is 1040. The molecule has 0 saturated heterocycles. The number of H-pyrrole nitrogens is 1. The minimum Gasteiger partial charge on any atom is -0.408 e. The van der Waals surface area contributed by atoms with E-state index in [1.807, 2.05) is 13.2 Å². The minimum atomic E-state index is -0.525. The van der Waals surface area contributed by atoms with Gasteiger partial charge in [-0.15, -0.1) is 11.8 Å². The number of rotatable bonds is 4. The molecule has 128 valence electrons. The molecule has 3 aromatic rings. The zero-order chi connectivity index (χ0) is 17.6. The molecule has 1 aromatic carbocycles. The Balaban J connectivity index is 1.66. The Morgan fingerprint density at radius 3 is 2.88 bits per heavy atom. The average molecular weight is 356 g/mol. The fourth-order valence-corrected chi connectivity index (χ4v) is 3.35. The molecule has 0 aliphatic heterocycles. The summed E-state index contributed by atoms with van der Waals surface area (Å²) in [5.41, 5.74) is 2.70. The van der Waals surface area contributed by atoms with E-state index < -0.39 is 5.76 Å². The number of aryl methyl sites for hydroxylation is 1. The molecule has 0 spiro atoms. The molecule has 1 amide bonds. The largest absolute Gasteiger partial charge is 0.417 e. The van der Waals surface area contributed by atoms with Crippen molar-refractivity contribution in [2.45, 2.75) is 30.7 Å².